The molecule has 0 heterocycles. The van der Waals surface area contributed by atoms with Gasteiger partial charge in [0.15, 0.2) is 5.92 Å². The highest BCUT2D eigenvalue weighted by Gasteiger charge is 2.36. The zero-order valence-corrected chi connectivity index (χ0v) is 12.5. The van der Waals surface area contributed by atoms with E-state index >= 15 is 0 Å². The number of hydrogen-bond acceptors (Lipinski definition) is 4. The van der Waals surface area contributed by atoms with Crippen molar-refractivity contribution in [3.05, 3.63) is 34.9 Å². The molecule has 1 rings (SSSR count). The average Bonchev–Trinajstić information content (AvgIpc) is 2.37. The highest BCUT2D eigenvalue weighted by molar-refractivity contribution is 6.00. The summed E-state index contributed by atoms with van der Waals surface area (Å²) in [6.45, 7) is 4.54. The Hall–Kier alpha value is -2.05. The summed E-state index contributed by atoms with van der Waals surface area (Å²) in [4.78, 5) is 23.9. The van der Waals surface area contributed by atoms with Crippen LogP contribution in [0.5, 0.6) is 0 Å². The molecule has 0 aliphatic rings. The van der Waals surface area contributed by atoms with E-state index in [1.165, 1.54) is 26.8 Å². The lowest BCUT2D eigenvalue weighted by Gasteiger charge is -2.17. The van der Waals surface area contributed by atoms with Gasteiger partial charge in [-0.25, -0.2) is 0 Å². The van der Waals surface area contributed by atoms with E-state index in [0.717, 1.165) is 12.1 Å². The molecule has 7 heteroatoms. The van der Waals surface area contributed by atoms with Gasteiger partial charge in [0.05, 0.1) is 18.8 Å². The summed E-state index contributed by atoms with van der Waals surface area (Å²) < 4.78 is 48.2. The highest BCUT2D eigenvalue weighted by Crippen LogP contribution is 2.33. The number of carbonyl (C=O) groups excluding carboxylic acids is 2. The zero-order chi connectivity index (χ0) is 16.9. The van der Waals surface area contributed by atoms with Crippen LogP contribution in [0.15, 0.2) is 18.2 Å². The Morgan fingerprint density at radius 1 is 1.05 bits per heavy atom. The number of benzene rings is 1. The molecule has 0 aromatic heterocycles. The minimum atomic E-state index is -4.57. The number of ether oxygens (including phenoxy) is 2. The van der Waals surface area contributed by atoms with Crippen LogP contribution in [-0.2, 0) is 25.2 Å². The van der Waals surface area contributed by atoms with Crippen LogP contribution in [0.1, 0.15) is 36.5 Å². The van der Waals surface area contributed by atoms with Gasteiger partial charge in [-0.3, -0.25) is 9.59 Å². The summed E-state index contributed by atoms with van der Waals surface area (Å²) in [6, 6.07) is 3.05. The van der Waals surface area contributed by atoms with Crippen LogP contribution in [-0.4, -0.2) is 25.2 Å². The molecular formula is C15H17F3O4. The van der Waals surface area contributed by atoms with Crippen molar-refractivity contribution in [1.29, 1.82) is 0 Å². The van der Waals surface area contributed by atoms with Gasteiger partial charge >= 0.3 is 18.1 Å². The number of carbonyl (C=O) groups is 2. The minimum absolute atomic E-state index is 0.00663. The number of aryl methyl sites for hydroxylation is 1. The third kappa shape index (κ3) is 4.47. The molecule has 0 saturated heterocycles. The van der Waals surface area contributed by atoms with Crippen molar-refractivity contribution < 1.29 is 32.2 Å². The molecule has 0 aliphatic carbocycles. The Labute approximate surface area is 126 Å². The van der Waals surface area contributed by atoms with Crippen LogP contribution in [0.3, 0.4) is 0 Å². The normalized spacial score (nSPS) is 11.4. The minimum Gasteiger partial charge on any atom is -0.465 e. The zero-order valence-electron chi connectivity index (χ0n) is 12.5. The number of esters is 2. The molecule has 1 aromatic carbocycles. The molecule has 122 valence electrons. The molecule has 0 unspecified atom stereocenters. The Balaban J connectivity index is 3.32. The molecule has 0 N–H and O–H groups in total. The van der Waals surface area contributed by atoms with Gasteiger partial charge in [-0.05, 0) is 38.5 Å². The molecule has 4 nitrogen and oxygen atoms in total. The van der Waals surface area contributed by atoms with Crippen molar-refractivity contribution in [3.63, 3.8) is 0 Å². The first kappa shape index (κ1) is 18.0. The van der Waals surface area contributed by atoms with Gasteiger partial charge < -0.3 is 9.47 Å². The second-order valence-electron chi connectivity index (χ2n) is 4.57. The van der Waals surface area contributed by atoms with E-state index in [1.54, 1.807) is 0 Å². The van der Waals surface area contributed by atoms with Gasteiger partial charge in [-0.15, -0.1) is 0 Å². The van der Waals surface area contributed by atoms with Gasteiger partial charge in [-0.2, -0.15) is 13.2 Å². The predicted molar refractivity (Wildman–Crippen MR) is 72.2 cm³/mol. The van der Waals surface area contributed by atoms with Crippen LogP contribution in [0, 0.1) is 6.92 Å². The van der Waals surface area contributed by atoms with E-state index in [9.17, 15) is 22.8 Å². The molecule has 0 spiro atoms. The van der Waals surface area contributed by atoms with E-state index in [4.69, 9.17) is 9.47 Å². The molecule has 0 saturated carbocycles. The molecular weight excluding hydrogens is 301 g/mol. The smallest absolute Gasteiger partial charge is 0.416 e. The van der Waals surface area contributed by atoms with Crippen LogP contribution in [0.4, 0.5) is 13.2 Å². The molecule has 0 amide bonds. The van der Waals surface area contributed by atoms with E-state index in [0.29, 0.717) is 0 Å². The Bertz CT molecular complexity index is 534. The molecule has 0 aliphatic heterocycles. The molecule has 0 bridgehead atoms. The maximum absolute atomic E-state index is 12.9. The molecule has 22 heavy (non-hydrogen) atoms. The maximum atomic E-state index is 12.9. The van der Waals surface area contributed by atoms with Crippen LogP contribution >= 0.6 is 0 Å². The first-order valence-corrected chi connectivity index (χ1v) is 6.72. The van der Waals surface area contributed by atoms with Crippen LogP contribution < -0.4 is 0 Å². The van der Waals surface area contributed by atoms with Crippen LogP contribution in [0.25, 0.3) is 0 Å². The summed E-state index contributed by atoms with van der Waals surface area (Å²) in [6.07, 6.45) is -4.57. The lowest BCUT2D eigenvalue weighted by Crippen LogP contribution is -2.26. The van der Waals surface area contributed by atoms with Crippen LogP contribution in [0.2, 0.25) is 0 Å². The summed E-state index contributed by atoms with van der Waals surface area (Å²) >= 11 is 0. The quantitative estimate of drug-likeness (QED) is 0.618. The van der Waals surface area contributed by atoms with E-state index in [-0.39, 0.29) is 24.3 Å². The third-order valence-electron chi connectivity index (χ3n) is 2.80. The van der Waals surface area contributed by atoms with Gasteiger partial charge in [0.1, 0.15) is 0 Å². The summed E-state index contributed by atoms with van der Waals surface area (Å²) in [5.41, 5.74) is -0.742. The molecule has 0 fully saturated rings. The predicted octanol–water partition coefficient (Wildman–Crippen LogP) is 3.22. The topological polar surface area (TPSA) is 52.6 Å². The fourth-order valence-electron chi connectivity index (χ4n) is 1.96. The lowest BCUT2D eigenvalue weighted by molar-refractivity contribution is -0.157. The van der Waals surface area contributed by atoms with Crippen molar-refractivity contribution in [2.45, 2.75) is 32.9 Å². The number of halogens is 3. The summed E-state index contributed by atoms with van der Waals surface area (Å²) in [5, 5.41) is 0. The summed E-state index contributed by atoms with van der Waals surface area (Å²) in [7, 11) is 0. The fourth-order valence-corrected chi connectivity index (χ4v) is 1.96. The monoisotopic (exact) mass is 318 g/mol. The number of alkyl halides is 3. The SMILES string of the molecule is CCOC(=O)C(C(=O)OCC)c1cc(C)cc(C(F)(F)F)c1. The first-order valence-electron chi connectivity index (χ1n) is 6.72. The van der Waals surface area contributed by atoms with Gasteiger partial charge in [0.2, 0.25) is 0 Å². The second kappa shape index (κ2) is 7.29. The van der Waals surface area contributed by atoms with Crippen molar-refractivity contribution >= 4 is 11.9 Å². The molecule has 0 radical (unpaired) electrons. The largest absolute Gasteiger partial charge is 0.465 e. The van der Waals surface area contributed by atoms with Crippen molar-refractivity contribution in [2.75, 3.05) is 13.2 Å². The van der Waals surface area contributed by atoms with Crippen molar-refractivity contribution in [1.82, 2.24) is 0 Å². The lowest BCUT2D eigenvalue weighted by atomic mass is 9.95. The Kier molecular flexibility index (Phi) is 5.96. The number of hydrogen-bond donors (Lipinski definition) is 0. The van der Waals surface area contributed by atoms with Gasteiger partial charge in [0, 0.05) is 0 Å². The highest BCUT2D eigenvalue weighted by atomic mass is 19.4. The fraction of sp³-hybridized carbons (Fsp3) is 0.467. The van der Waals surface area contributed by atoms with Gasteiger partial charge in [-0.1, -0.05) is 11.6 Å². The second-order valence-corrected chi connectivity index (χ2v) is 4.57. The Morgan fingerprint density at radius 3 is 1.95 bits per heavy atom. The van der Waals surface area contributed by atoms with Crippen molar-refractivity contribution in [3.8, 4) is 0 Å². The molecule has 1 aromatic rings. The van der Waals surface area contributed by atoms with E-state index in [2.05, 4.69) is 0 Å². The maximum Gasteiger partial charge on any atom is 0.416 e. The Morgan fingerprint density at radius 2 is 1.55 bits per heavy atom. The first-order chi connectivity index (χ1) is 10.2. The molecule has 0 atom stereocenters. The van der Waals surface area contributed by atoms with Crippen molar-refractivity contribution in [2.24, 2.45) is 0 Å². The standard InChI is InChI=1S/C15H17F3O4/c1-4-21-13(19)12(14(20)22-5-2)10-6-9(3)7-11(8-10)15(16,17)18/h6-8,12H,4-5H2,1-3H3. The third-order valence-corrected chi connectivity index (χ3v) is 2.80. The van der Waals surface area contributed by atoms with E-state index < -0.39 is 29.6 Å². The summed E-state index contributed by atoms with van der Waals surface area (Å²) in [5.74, 6) is -3.39. The number of rotatable bonds is 5. The average molecular weight is 318 g/mol. The van der Waals surface area contributed by atoms with E-state index in [1.807, 2.05) is 0 Å². The van der Waals surface area contributed by atoms with Gasteiger partial charge in [0.25, 0.3) is 0 Å².